The maximum atomic E-state index is 4.37. The third-order valence-corrected chi connectivity index (χ3v) is 1.10. The van der Waals surface area contributed by atoms with Crippen molar-refractivity contribution in [2.24, 2.45) is 9.98 Å². The van der Waals surface area contributed by atoms with Crippen LogP contribution in [-0.2, 0) is 0 Å². The Balaban J connectivity index is 4.56. The molecular formula is C9H19N3. The summed E-state index contributed by atoms with van der Waals surface area (Å²) < 4.78 is 0. The number of aliphatic imine (C=N–C) groups is 2. The molecule has 0 amide bonds. The van der Waals surface area contributed by atoms with Crippen molar-refractivity contribution >= 4 is 11.7 Å². The largest absolute Gasteiger partial charge is 0.347 e. The standard InChI is InChI=1S/C9H19N3/c1-7(2)10-9(12(5)6)11-8(3)4/h7H,1-6H3. The molecule has 0 unspecified atom stereocenters. The topological polar surface area (TPSA) is 28.0 Å². The second-order valence-electron chi connectivity index (χ2n) is 3.48. The summed E-state index contributed by atoms with van der Waals surface area (Å²) in [5.41, 5.74) is 1.03. The molecule has 0 aromatic rings. The van der Waals surface area contributed by atoms with Crippen LogP contribution in [0.1, 0.15) is 27.7 Å². The van der Waals surface area contributed by atoms with Gasteiger partial charge in [-0.15, -0.1) is 0 Å². The summed E-state index contributed by atoms with van der Waals surface area (Å²) in [6.45, 7) is 8.03. The summed E-state index contributed by atoms with van der Waals surface area (Å²) in [6, 6.07) is 0.297. The second kappa shape index (κ2) is 4.91. The highest BCUT2D eigenvalue weighted by molar-refractivity contribution is 5.94. The van der Waals surface area contributed by atoms with Gasteiger partial charge in [0.05, 0.1) is 0 Å². The molecule has 0 aliphatic carbocycles. The van der Waals surface area contributed by atoms with E-state index in [1.165, 1.54) is 0 Å². The fourth-order valence-corrected chi connectivity index (χ4v) is 0.675. The van der Waals surface area contributed by atoms with E-state index in [9.17, 15) is 0 Å². The number of guanidine groups is 1. The Morgan fingerprint density at radius 2 is 1.67 bits per heavy atom. The van der Waals surface area contributed by atoms with Gasteiger partial charge in [0.15, 0.2) is 0 Å². The van der Waals surface area contributed by atoms with Gasteiger partial charge in [-0.3, -0.25) is 0 Å². The first kappa shape index (κ1) is 11.1. The predicted octanol–water partition coefficient (Wildman–Crippen LogP) is 1.79. The van der Waals surface area contributed by atoms with Gasteiger partial charge in [0.25, 0.3) is 0 Å². The van der Waals surface area contributed by atoms with Crippen molar-refractivity contribution < 1.29 is 0 Å². The van der Waals surface area contributed by atoms with Crippen molar-refractivity contribution in [3.05, 3.63) is 0 Å². The van der Waals surface area contributed by atoms with E-state index in [0.717, 1.165) is 11.7 Å². The molecule has 3 heteroatoms. The van der Waals surface area contributed by atoms with Crippen LogP contribution in [0.15, 0.2) is 9.98 Å². The summed E-state index contributed by atoms with van der Waals surface area (Å²) in [5, 5.41) is 0. The third kappa shape index (κ3) is 4.88. The van der Waals surface area contributed by atoms with Gasteiger partial charge in [-0.05, 0) is 27.7 Å². The molecule has 0 atom stereocenters. The van der Waals surface area contributed by atoms with Crippen molar-refractivity contribution in [2.45, 2.75) is 33.7 Å². The normalized spacial score (nSPS) is 11.8. The number of rotatable bonds is 1. The predicted molar refractivity (Wildman–Crippen MR) is 55.0 cm³/mol. The SMILES string of the molecule is CC(C)=NC(=NC(C)C)N(C)C. The monoisotopic (exact) mass is 169 g/mol. The lowest BCUT2D eigenvalue weighted by Crippen LogP contribution is -2.22. The number of nitrogens with zero attached hydrogens (tertiary/aromatic N) is 3. The Morgan fingerprint density at radius 1 is 1.17 bits per heavy atom. The van der Waals surface area contributed by atoms with Crippen LogP contribution in [0.2, 0.25) is 0 Å². The van der Waals surface area contributed by atoms with Crippen molar-refractivity contribution in [2.75, 3.05) is 14.1 Å². The number of hydrogen-bond acceptors (Lipinski definition) is 1. The molecule has 3 nitrogen and oxygen atoms in total. The van der Waals surface area contributed by atoms with Crippen LogP contribution < -0.4 is 0 Å². The van der Waals surface area contributed by atoms with Gasteiger partial charge < -0.3 is 4.90 Å². The molecule has 0 aliphatic rings. The fourth-order valence-electron chi connectivity index (χ4n) is 0.675. The minimum absolute atomic E-state index is 0.297. The fraction of sp³-hybridized carbons (Fsp3) is 0.778. The smallest absolute Gasteiger partial charge is 0.220 e. The first-order chi connectivity index (χ1) is 5.43. The highest BCUT2D eigenvalue weighted by atomic mass is 15.2. The maximum Gasteiger partial charge on any atom is 0.220 e. The van der Waals surface area contributed by atoms with E-state index in [4.69, 9.17) is 0 Å². The van der Waals surface area contributed by atoms with E-state index in [1.54, 1.807) is 0 Å². The van der Waals surface area contributed by atoms with Crippen LogP contribution in [0.5, 0.6) is 0 Å². The van der Waals surface area contributed by atoms with Crippen LogP contribution in [0.3, 0.4) is 0 Å². The second-order valence-corrected chi connectivity index (χ2v) is 3.48. The summed E-state index contributed by atoms with van der Waals surface area (Å²) in [7, 11) is 3.90. The van der Waals surface area contributed by atoms with Gasteiger partial charge in [0.2, 0.25) is 5.96 Å². The Hall–Kier alpha value is -0.860. The maximum absolute atomic E-state index is 4.37. The molecule has 0 saturated carbocycles. The van der Waals surface area contributed by atoms with Gasteiger partial charge in [0.1, 0.15) is 0 Å². The van der Waals surface area contributed by atoms with Crippen LogP contribution in [0.4, 0.5) is 0 Å². The van der Waals surface area contributed by atoms with Crippen molar-refractivity contribution in [3.8, 4) is 0 Å². The molecule has 0 fully saturated rings. The lowest BCUT2D eigenvalue weighted by Gasteiger charge is -2.12. The highest BCUT2D eigenvalue weighted by Crippen LogP contribution is 1.93. The average molecular weight is 169 g/mol. The third-order valence-electron chi connectivity index (χ3n) is 1.10. The van der Waals surface area contributed by atoms with Gasteiger partial charge in [-0.1, -0.05) is 0 Å². The molecule has 0 radical (unpaired) electrons. The Kier molecular flexibility index (Phi) is 4.55. The molecule has 0 aliphatic heterocycles. The lowest BCUT2D eigenvalue weighted by molar-refractivity contribution is 0.603. The summed E-state index contributed by atoms with van der Waals surface area (Å²) in [5.74, 6) is 0.796. The average Bonchev–Trinajstić information content (AvgIpc) is 1.83. The minimum atomic E-state index is 0.297. The minimum Gasteiger partial charge on any atom is -0.347 e. The van der Waals surface area contributed by atoms with Gasteiger partial charge in [-0.2, -0.15) is 0 Å². The summed E-state index contributed by atoms with van der Waals surface area (Å²) in [6.07, 6.45) is 0. The van der Waals surface area contributed by atoms with E-state index in [1.807, 2.05) is 46.7 Å². The molecule has 0 N–H and O–H groups in total. The Labute approximate surface area is 75.2 Å². The number of hydrogen-bond donors (Lipinski definition) is 0. The van der Waals surface area contributed by atoms with Crippen LogP contribution in [0, 0.1) is 0 Å². The molecule has 0 bridgehead atoms. The van der Waals surface area contributed by atoms with E-state index in [0.29, 0.717) is 6.04 Å². The van der Waals surface area contributed by atoms with Crippen molar-refractivity contribution in [1.29, 1.82) is 0 Å². The van der Waals surface area contributed by atoms with Crippen molar-refractivity contribution in [1.82, 2.24) is 4.90 Å². The van der Waals surface area contributed by atoms with E-state index in [2.05, 4.69) is 9.98 Å². The zero-order chi connectivity index (χ0) is 9.72. The lowest BCUT2D eigenvalue weighted by atomic mass is 10.4. The van der Waals surface area contributed by atoms with Crippen LogP contribution in [0.25, 0.3) is 0 Å². The van der Waals surface area contributed by atoms with Crippen LogP contribution >= 0.6 is 0 Å². The first-order valence-electron chi connectivity index (χ1n) is 4.20. The van der Waals surface area contributed by atoms with E-state index < -0.39 is 0 Å². The molecular weight excluding hydrogens is 150 g/mol. The molecule has 0 saturated heterocycles. The zero-order valence-corrected chi connectivity index (χ0v) is 8.92. The van der Waals surface area contributed by atoms with Gasteiger partial charge in [-0.25, -0.2) is 9.98 Å². The van der Waals surface area contributed by atoms with Gasteiger partial charge in [0, 0.05) is 25.8 Å². The summed E-state index contributed by atoms with van der Waals surface area (Å²) >= 11 is 0. The highest BCUT2D eigenvalue weighted by Gasteiger charge is 1.99. The molecule has 0 spiro atoms. The van der Waals surface area contributed by atoms with E-state index >= 15 is 0 Å². The van der Waals surface area contributed by atoms with E-state index in [-0.39, 0.29) is 0 Å². The molecule has 0 rings (SSSR count). The Morgan fingerprint density at radius 3 is 1.92 bits per heavy atom. The molecule has 12 heavy (non-hydrogen) atoms. The van der Waals surface area contributed by atoms with Gasteiger partial charge >= 0.3 is 0 Å². The van der Waals surface area contributed by atoms with Crippen molar-refractivity contribution in [3.63, 3.8) is 0 Å². The zero-order valence-electron chi connectivity index (χ0n) is 8.92. The first-order valence-corrected chi connectivity index (χ1v) is 4.20. The molecule has 70 valence electrons. The Bertz CT molecular complexity index is 186. The summed E-state index contributed by atoms with van der Waals surface area (Å²) in [4.78, 5) is 10.6. The molecule has 0 aromatic heterocycles. The van der Waals surface area contributed by atoms with Crippen LogP contribution in [-0.4, -0.2) is 36.7 Å². The molecule has 0 heterocycles. The quantitative estimate of drug-likeness (QED) is 0.434. The molecule has 0 aromatic carbocycles.